The maximum absolute atomic E-state index is 12.9. The number of urea groups is 1. The number of ether oxygens (including phenoxy) is 1. The van der Waals surface area contributed by atoms with Crippen LogP contribution < -0.4 is 21.5 Å². The van der Waals surface area contributed by atoms with Gasteiger partial charge in [0, 0.05) is 12.6 Å². The molecule has 5 N–H and O–H groups in total. The molecule has 0 bridgehead atoms. The third kappa shape index (κ3) is 6.11. The van der Waals surface area contributed by atoms with Crippen molar-refractivity contribution in [3.05, 3.63) is 60.2 Å². The Bertz CT molecular complexity index is 849. The van der Waals surface area contributed by atoms with Gasteiger partial charge < -0.3 is 26.4 Å². The summed E-state index contributed by atoms with van der Waals surface area (Å²) in [7, 11) is 0. The van der Waals surface area contributed by atoms with E-state index in [-0.39, 0.29) is 30.8 Å². The number of halogens is 1. The van der Waals surface area contributed by atoms with E-state index < -0.39 is 12.1 Å². The van der Waals surface area contributed by atoms with Crippen LogP contribution in [0, 0.1) is 5.92 Å². The number of carbonyl (C=O) groups excluding carboxylic acids is 2. The molecule has 0 aliphatic carbocycles. The minimum absolute atomic E-state index is 0. The fourth-order valence-electron chi connectivity index (χ4n) is 3.80. The highest BCUT2D eigenvalue weighted by Crippen LogP contribution is 2.28. The molecule has 1 aliphatic heterocycles. The maximum atomic E-state index is 12.9. The third-order valence-corrected chi connectivity index (χ3v) is 5.25. The van der Waals surface area contributed by atoms with Crippen LogP contribution in [0.15, 0.2) is 54.6 Å². The molecule has 3 atom stereocenters. The van der Waals surface area contributed by atoms with Gasteiger partial charge in [-0.15, -0.1) is 12.4 Å². The van der Waals surface area contributed by atoms with E-state index in [1.807, 2.05) is 66.4 Å². The number of nitrogens with two attached hydrogens (primary N) is 2. The molecule has 7 nitrogen and oxygen atoms in total. The number of hydrogen-bond acceptors (Lipinski definition) is 4. The van der Waals surface area contributed by atoms with Crippen molar-refractivity contribution >= 4 is 24.3 Å². The molecule has 0 saturated carbocycles. The zero-order valence-corrected chi connectivity index (χ0v) is 17.8. The molecule has 1 saturated heterocycles. The average molecular weight is 433 g/mol. The van der Waals surface area contributed by atoms with Crippen LogP contribution in [0.1, 0.15) is 31.4 Å². The summed E-state index contributed by atoms with van der Waals surface area (Å²) in [5, 5.41) is 2.69. The first kappa shape index (κ1) is 23.5. The second-order valence-electron chi connectivity index (χ2n) is 7.49. The van der Waals surface area contributed by atoms with Crippen LogP contribution in [0.5, 0.6) is 11.5 Å². The van der Waals surface area contributed by atoms with Crippen LogP contribution >= 0.6 is 12.4 Å². The molecule has 3 unspecified atom stereocenters. The first-order valence-electron chi connectivity index (χ1n) is 9.84. The van der Waals surface area contributed by atoms with Crippen molar-refractivity contribution in [2.75, 3.05) is 13.1 Å². The van der Waals surface area contributed by atoms with E-state index in [0.29, 0.717) is 30.5 Å². The Morgan fingerprint density at radius 1 is 1.17 bits per heavy atom. The molecule has 8 heteroatoms. The Morgan fingerprint density at radius 2 is 1.87 bits per heavy atom. The fourth-order valence-corrected chi connectivity index (χ4v) is 3.80. The number of benzene rings is 2. The lowest BCUT2D eigenvalue weighted by atomic mass is 10.0. The predicted molar refractivity (Wildman–Crippen MR) is 119 cm³/mol. The van der Waals surface area contributed by atoms with E-state index >= 15 is 0 Å². The second-order valence-corrected chi connectivity index (χ2v) is 7.49. The summed E-state index contributed by atoms with van der Waals surface area (Å²) in [5.41, 5.74) is 11.9. The summed E-state index contributed by atoms with van der Waals surface area (Å²) in [5.74, 6) is 1.62. The van der Waals surface area contributed by atoms with Crippen LogP contribution in [0.25, 0.3) is 0 Å². The SMILES string of the molecule is CC1CC(CN)CN1C(=O)CC(NC(N)=O)c1cccc(Oc2ccccc2)c1.Cl. The Morgan fingerprint density at radius 3 is 2.50 bits per heavy atom. The molecule has 0 radical (unpaired) electrons. The van der Waals surface area contributed by atoms with E-state index in [1.165, 1.54) is 0 Å². The van der Waals surface area contributed by atoms with Gasteiger partial charge in [-0.25, -0.2) is 4.79 Å². The minimum Gasteiger partial charge on any atom is -0.457 e. The number of hydrogen-bond donors (Lipinski definition) is 3. The lowest BCUT2D eigenvalue weighted by molar-refractivity contribution is -0.132. The fraction of sp³-hybridized carbons (Fsp3) is 0.364. The van der Waals surface area contributed by atoms with Crippen LogP contribution in [0.4, 0.5) is 4.79 Å². The van der Waals surface area contributed by atoms with Crippen molar-refractivity contribution in [2.45, 2.75) is 31.8 Å². The number of amides is 3. The van der Waals surface area contributed by atoms with Crippen molar-refractivity contribution in [1.29, 1.82) is 0 Å². The van der Waals surface area contributed by atoms with Crippen LogP contribution in [-0.4, -0.2) is 36.0 Å². The topological polar surface area (TPSA) is 111 Å². The van der Waals surface area contributed by atoms with Crippen molar-refractivity contribution in [3.8, 4) is 11.5 Å². The maximum Gasteiger partial charge on any atom is 0.312 e. The first-order chi connectivity index (χ1) is 14.0. The molecule has 0 spiro atoms. The van der Waals surface area contributed by atoms with Gasteiger partial charge in [0.2, 0.25) is 5.91 Å². The highest BCUT2D eigenvalue weighted by molar-refractivity contribution is 5.85. The summed E-state index contributed by atoms with van der Waals surface area (Å²) in [6, 6.07) is 15.7. The van der Waals surface area contributed by atoms with Crippen LogP contribution in [-0.2, 0) is 4.79 Å². The molecule has 1 aliphatic rings. The quantitative estimate of drug-likeness (QED) is 0.623. The first-order valence-corrected chi connectivity index (χ1v) is 9.84. The van der Waals surface area contributed by atoms with Crippen LogP contribution in [0.2, 0.25) is 0 Å². The predicted octanol–water partition coefficient (Wildman–Crippen LogP) is 3.20. The summed E-state index contributed by atoms with van der Waals surface area (Å²) in [4.78, 5) is 26.3. The van der Waals surface area contributed by atoms with Gasteiger partial charge in [-0.2, -0.15) is 0 Å². The second kappa shape index (κ2) is 10.8. The summed E-state index contributed by atoms with van der Waals surface area (Å²) in [6.07, 6.45) is 1.02. The van der Waals surface area contributed by atoms with Gasteiger partial charge in [0.1, 0.15) is 11.5 Å². The number of carbonyl (C=O) groups is 2. The Labute approximate surface area is 183 Å². The molecule has 0 aromatic heterocycles. The molecule has 1 heterocycles. The summed E-state index contributed by atoms with van der Waals surface area (Å²) < 4.78 is 5.87. The number of likely N-dealkylation sites (tertiary alicyclic amines) is 1. The molecule has 3 rings (SSSR count). The molecule has 2 aromatic carbocycles. The van der Waals surface area contributed by atoms with E-state index in [9.17, 15) is 9.59 Å². The Hall–Kier alpha value is -2.77. The molecule has 1 fully saturated rings. The van der Waals surface area contributed by atoms with E-state index in [1.54, 1.807) is 0 Å². The highest BCUT2D eigenvalue weighted by Gasteiger charge is 2.33. The van der Waals surface area contributed by atoms with Gasteiger partial charge in [-0.05, 0) is 55.6 Å². The van der Waals surface area contributed by atoms with Gasteiger partial charge in [0.25, 0.3) is 0 Å². The lowest BCUT2D eigenvalue weighted by Crippen LogP contribution is -2.39. The Balaban J connectivity index is 0.00000320. The van der Waals surface area contributed by atoms with Crippen LogP contribution in [0.3, 0.4) is 0 Å². The van der Waals surface area contributed by atoms with Crippen molar-refractivity contribution in [1.82, 2.24) is 10.2 Å². The number of nitrogens with one attached hydrogen (secondary N) is 1. The van der Waals surface area contributed by atoms with Gasteiger partial charge >= 0.3 is 6.03 Å². The lowest BCUT2D eigenvalue weighted by Gasteiger charge is -2.25. The molecular formula is C22H29ClN4O3. The van der Waals surface area contributed by atoms with Crippen molar-refractivity contribution < 1.29 is 14.3 Å². The standard InChI is InChI=1S/C22H28N4O3.ClH/c1-15-10-16(13-23)14-26(15)21(27)12-20(25-22(24)28)17-6-5-9-19(11-17)29-18-7-3-2-4-8-18;/h2-9,11,15-16,20H,10,12-14,23H2,1H3,(H3,24,25,28);1H. The monoisotopic (exact) mass is 432 g/mol. The number of rotatable bonds is 7. The highest BCUT2D eigenvalue weighted by atomic mass is 35.5. The summed E-state index contributed by atoms with van der Waals surface area (Å²) in [6.45, 7) is 3.24. The minimum atomic E-state index is -0.675. The van der Waals surface area contributed by atoms with E-state index in [4.69, 9.17) is 16.2 Å². The van der Waals surface area contributed by atoms with Crippen molar-refractivity contribution in [2.24, 2.45) is 17.4 Å². The van der Waals surface area contributed by atoms with Crippen molar-refractivity contribution in [3.63, 3.8) is 0 Å². The van der Waals surface area contributed by atoms with E-state index in [0.717, 1.165) is 12.0 Å². The molecule has 30 heavy (non-hydrogen) atoms. The zero-order valence-electron chi connectivity index (χ0n) is 17.0. The van der Waals surface area contributed by atoms with Gasteiger partial charge in [-0.1, -0.05) is 30.3 Å². The molecule has 3 amide bonds. The van der Waals surface area contributed by atoms with Gasteiger partial charge in [-0.3, -0.25) is 4.79 Å². The Kier molecular flexibility index (Phi) is 8.50. The van der Waals surface area contributed by atoms with Gasteiger partial charge in [0.15, 0.2) is 0 Å². The zero-order chi connectivity index (χ0) is 20.8. The number of nitrogens with zero attached hydrogens (tertiary/aromatic N) is 1. The third-order valence-electron chi connectivity index (χ3n) is 5.25. The normalized spacial score (nSPS) is 18.9. The average Bonchev–Trinajstić information content (AvgIpc) is 3.09. The number of primary amides is 1. The van der Waals surface area contributed by atoms with E-state index in [2.05, 4.69) is 5.32 Å². The molecule has 162 valence electrons. The largest absolute Gasteiger partial charge is 0.457 e. The van der Waals surface area contributed by atoms with Gasteiger partial charge in [0.05, 0.1) is 12.5 Å². The number of para-hydroxylation sites is 1. The smallest absolute Gasteiger partial charge is 0.312 e. The molecule has 2 aromatic rings. The summed E-state index contributed by atoms with van der Waals surface area (Å²) >= 11 is 0. The molecular weight excluding hydrogens is 404 g/mol.